The summed E-state index contributed by atoms with van der Waals surface area (Å²) in [6.07, 6.45) is 9.84. The van der Waals surface area contributed by atoms with E-state index in [1.54, 1.807) is 0 Å². The Morgan fingerprint density at radius 2 is 1.88 bits per heavy atom. The molecule has 1 rings (SSSR count). The van der Waals surface area contributed by atoms with Gasteiger partial charge in [0, 0.05) is 6.04 Å². The van der Waals surface area contributed by atoms with Crippen LogP contribution in [-0.4, -0.2) is 37.6 Å². The lowest BCUT2D eigenvalue weighted by molar-refractivity contribution is 0.137. The van der Waals surface area contributed by atoms with Crippen molar-refractivity contribution in [3.8, 4) is 0 Å². The van der Waals surface area contributed by atoms with E-state index in [2.05, 4.69) is 31.1 Å². The summed E-state index contributed by atoms with van der Waals surface area (Å²) in [7, 11) is 2.33. The summed E-state index contributed by atoms with van der Waals surface area (Å²) in [5.41, 5.74) is 0. The van der Waals surface area contributed by atoms with Crippen LogP contribution in [0.5, 0.6) is 0 Å². The van der Waals surface area contributed by atoms with Crippen molar-refractivity contribution in [1.82, 2.24) is 10.2 Å². The maximum absolute atomic E-state index is 3.39. The van der Waals surface area contributed by atoms with Gasteiger partial charge in [-0.3, -0.25) is 0 Å². The standard InChI is InChI=1S/C15H32N2/c1-4-16-12-8-5-9-13-17(3)15-11-7-6-10-14(15)2/h14-16H,4-13H2,1-3H3. The van der Waals surface area contributed by atoms with Gasteiger partial charge in [-0.25, -0.2) is 0 Å². The van der Waals surface area contributed by atoms with Crippen LogP contribution in [0.3, 0.4) is 0 Å². The van der Waals surface area contributed by atoms with Gasteiger partial charge in [0.15, 0.2) is 0 Å². The Balaban J connectivity index is 2.05. The number of nitrogens with zero attached hydrogens (tertiary/aromatic N) is 1. The maximum Gasteiger partial charge on any atom is 0.0118 e. The van der Waals surface area contributed by atoms with Crippen LogP contribution in [0.4, 0.5) is 0 Å². The Kier molecular flexibility index (Phi) is 7.87. The molecule has 1 N–H and O–H groups in total. The number of nitrogens with one attached hydrogen (secondary N) is 1. The van der Waals surface area contributed by atoms with Crippen molar-refractivity contribution >= 4 is 0 Å². The van der Waals surface area contributed by atoms with E-state index in [4.69, 9.17) is 0 Å². The van der Waals surface area contributed by atoms with Gasteiger partial charge in [0.1, 0.15) is 0 Å². The number of unbranched alkanes of at least 4 members (excludes halogenated alkanes) is 2. The Morgan fingerprint density at radius 1 is 1.12 bits per heavy atom. The van der Waals surface area contributed by atoms with Gasteiger partial charge in [0.2, 0.25) is 0 Å². The molecule has 0 heterocycles. The topological polar surface area (TPSA) is 15.3 Å². The molecule has 1 aliphatic rings. The second-order valence-electron chi connectivity index (χ2n) is 5.72. The van der Waals surface area contributed by atoms with Crippen LogP contribution >= 0.6 is 0 Å². The molecule has 0 aliphatic heterocycles. The Morgan fingerprint density at radius 3 is 2.59 bits per heavy atom. The summed E-state index contributed by atoms with van der Waals surface area (Å²) in [6.45, 7) is 8.21. The van der Waals surface area contributed by atoms with Gasteiger partial charge in [-0.15, -0.1) is 0 Å². The van der Waals surface area contributed by atoms with E-state index >= 15 is 0 Å². The zero-order valence-corrected chi connectivity index (χ0v) is 12.2. The number of hydrogen-bond acceptors (Lipinski definition) is 2. The summed E-state index contributed by atoms with van der Waals surface area (Å²) in [5, 5.41) is 3.39. The highest BCUT2D eigenvalue weighted by atomic mass is 15.1. The molecule has 0 saturated heterocycles. The van der Waals surface area contributed by atoms with E-state index in [1.807, 2.05) is 0 Å². The van der Waals surface area contributed by atoms with Crippen LogP contribution in [0.1, 0.15) is 58.8 Å². The minimum absolute atomic E-state index is 0.859. The zero-order chi connectivity index (χ0) is 12.5. The molecule has 1 aliphatic carbocycles. The van der Waals surface area contributed by atoms with Gasteiger partial charge >= 0.3 is 0 Å². The summed E-state index contributed by atoms with van der Waals surface area (Å²) in [5.74, 6) is 0.913. The Labute approximate surface area is 108 Å². The molecule has 2 unspecified atom stereocenters. The molecular formula is C15H32N2. The molecule has 2 atom stereocenters. The second kappa shape index (κ2) is 8.93. The first-order valence-corrected chi connectivity index (χ1v) is 7.66. The van der Waals surface area contributed by atoms with Crippen molar-refractivity contribution in [1.29, 1.82) is 0 Å². The lowest BCUT2D eigenvalue weighted by Crippen LogP contribution is -2.39. The fourth-order valence-corrected chi connectivity index (χ4v) is 3.08. The summed E-state index contributed by atoms with van der Waals surface area (Å²) >= 11 is 0. The predicted octanol–water partition coefficient (Wildman–Crippen LogP) is 3.28. The number of hydrogen-bond donors (Lipinski definition) is 1. The van der Waals surface area contributed by atoms with Gasteiger partial charge in [0.25, 0.3) is 0 Å². The quantitative estimate of drug-likeness (QED) is 0.655. The smallest absolute Gasteiger partial charge is 0.0118 e. The number of rotatable bonds is 8. The van der Waals surface area contributed by atoms with E-state index in [0.717, 1.165) is 18.5 Å². The summed E-state index contributed by atoms with van der Waals surface area (Å²) in [4.78, 5) is 2.62. The van der Waals surface area contributed by atoms with Gasteiger partial charge < -0.3 is 10.2 Å². The molecular weight excluding hydrogens is 208 g/mol. The average molecular weight is 240 g/mol. The molecule has 0 amide bonds. The van der Waals surface area contributed by atoms with Crippen molar-refractivity contribution in [2.45, 2.75) is 64.8 Å². The summed E-state index contributed by atoms with van der Waals surface area (Å²) < 4.78 is 0. The molecule has 0 aromatic rings. The fraction of sp³-hybridized carbons (Fsp3) is 1.00. The molecule has 1 saturated carbocycles. The van der Waals surface area contributed by atoms with E-state index in [0.29, 0.717) is 0 Å². The van der Waals surface area contributed by atoms with E-state index in [-0.39, 0.29) is 0 Å². The Hall–Kier alpha value is -0.0800. The zero-order valence-electron chi connectivity index (χ0n) is 12.2. The second-order valence-corrected chi connectivity index (χ2v) is 5.72. The minimum atomic E-state index is 0.859. The maximum atomic E-state index is 3.39. The molecule has 1 fully saturated rings. The third kappa shape index (κ3) is 5.87. The van der Waals surface area contributed by atoms with Crippen LogP contribution in [0, 0.1) is 5.92 Å². The SMILES string of the molecule is CCNCCCCCN(C)C1CCCCC1C. The third-order valence-corrected chi connectivity index (χ3v) is 4.25. The van der Waals surface area contributed by atoms with Crippen LogP contribution in [0.25, 0.3) is 0 Å². The molecule has 2 nitrogen and oxygen atoms in total. The summed E-state index contributed by atoms with van der Waals surface area (Å²) in [6, 6.07) is 0.859. The molecule has 0 spiro atoms. The fourth-order valence-electron chi connectivity index (χ4n) is 3.08. The van der Waals surface area contributed by atoms with Gasteiger partial charge in [0.05, 0.1) is 0 Å². The monoisotopic (exact) mass is 240 g/mol. The molecule has 0 aromatic carbocycles. The first-order valence-electron chi connectivity index (χ1n) is 7.66. The third-order valence-electron chi connectivity index (χ3n) is 4.25. The van der Waals surface area contributed by atoms with Crippen molar-refractivity contribution in [3.63, 3.8) is 0 Å². The van der Waals surface area contributed by atoms with E-state index in [1.165, 1.54) is 58.0 Å². The lowest BCUT2D eigenvalue weighted by Gasteiger charge is -2.36. The van der Waals surface area contributed by atoms with Crippen LogP contribution in [0.15, 0.2) is 0 Å². The van der Waals surface area contributed by atoms with Crippen molar-refractivity contribution < 1.29 is 0 Å². The van der Waals surface area contributed by atoms with Crippen LogP contribution in [-0.2, 0) is 0 Å². The predicted molar refractivity (Wildman–Crippen MR) is 76.4 cm³/mol. The molecule has 0 aromatic heterocycles. The molecule has 0 bridgehead atoms. The molecule has 2 heteroatoms. The first kappa shape index (κ1) is 15.0. The normalized spacial score (nSPS) is 25.4. The van der Waals surface area contributed by atoms with Gasteiger partial charge in [-0.1, -0.05) is 33.1 Å². The highest BCUT2D eigenvalue weighted by molar-refractivity contribution is 4.79. The lowest BCUT2D eigenvalue weighted by atomic mass is 9.85. The molecule has 0 radical (unpaired) electrons. The highest BCUT2D eigenvalue weighted by Gasteiger charge is 2.24. The van der Waals surface area contributed by atoms with Gasteiger partial charge in [-0.05, 0) is 58.3 Å². The highest BCUT2D eigenvalue weighted by Crippen LogP contribution is 2.27. The van der Waals surface area contributed by atoms with Crippen molar-refractivity contribution in [2.24, 2.45) is 5.92 Å². The van der Waals surface area contributed by atoms with Crippen molar-refractivity contribution in [3.05, 3.63) is 0 Å². The first-order chi connectivity index (χ1) is 8.25. The average Bonchev–Trinajstić information content (AvgIpc) is 2.34. The molecule has 102 valence electrons. The Bertz CT molecular complexity index is 182. The van der Waals surface area contributed by atoms with Crippen LogP contribution < -0.4 is 5.32 Å². The molecule has 17 heavy (non-hydrogen) atoms. The van der Waals surface area contributed by atoms with E-state index in [9.17, 15) is 0 Å². The van der Waals surface area contributed by atoms with E-state index < -0.39 is 0 Å². The largest absolute Gasteiger partial charge is 0.317 e. The van der Waals surface area contributed by atoms with Crippen molar-refractivity contribution in [2.75, 3.05) is 26.7 Å². The minimum Gasteiger partial charge on any atom is -0.317 e. The van der Waals surface area contributed by atoms with Crippen LogP contribution in [0.2, 0.25) is 0 Å². The van der Waals surface area contributed by atoms with Gasteiger partial charge in [-0.2, -0.15) is 0 Å².